The number of halogens is 1. The largest absolute Gasteiger partial charge is 0.383 e. The van der Waals surface area contributed by atoms with Gasteiger partial charge in [-0.3, -0.25) is 9.69 Å². The van der Waals surface area contributed by atoms with E-state index in [1.807, 2.05) is 17.0 Å². The monoisotopic (exact) mass is 346 g/mol. The van der Waals surface area contributed by atoms with Crippen LogP contribution in [0.3, 0.4) is 0 Å². The molecule has 1 aromatic heterocycles. The molecule has 2 heterocycles. The number of nitrogens with zero attached hydrogens (tertiary/aromatic N) is 2. The molecule has 0 spiro atoms. The van der Waals surface area contributed by atoms with Gasteiger partial charge in [-0.05, 0) is 41.0 Å². The number of hydrogen-bond donors (Lipinski definition) is 0. The quantitative estimate of drug-likeness (QED) is 0.838. The molecule has 0 unspecified atom stereocenters. The molecule has 1 fully saturated rings. The average Bonchev–Trinajstić information content (AvgIpc) is 2.71. The number of carbonyl (C=O) groups is 1. The summed E-state index contributed by atoms with van der Waals surface area (Å²) in [6.45, 7) is 5.33. The Morgan fingerprint density at radius 2 is 2.21 bits per heavy atom. The SMILES string of the molecule is COCCN1CCCN(C(=O)c2ccc(Br)s2)CC1. The second kappa shape index (κ2) is 7.38. The highest BCUT2D eigenvalue weighted by molar-refractivity contribution is 9.11. The smallest absolute Gasteiger partial charge is 0.264 e. The molecule has 1 amide bonds. The van der Waals surface area contributed by atoms with Crippen LogP contribution in [0.25, 0.3) is 0 Å². The van der Waals surface area contributed by atoms with Crippen LogP contribution in [0.5, 0.6) is 0 Å². The zero-order valence-electron chi connectivity index (χ0n) is 11.1. The zero-order valence-corrected chi connectivity index (χ0v) is 13.5. The van der Waals surface area contributed by atoms with E-state index in [0.717, 1.165) is 54.4 Å². The third kappa shape index (κ3) is 4.27. The molecule has 0 bridgehead atoms. The Morgan fingerprint density at radius 3 is 2.89 bits per heavy atom. The van der Waals surface area contributed by atoms with Crippen LogP contribution in [0, 0.1) is 0 Å². The van der Waals surface area contributed by atoms with E-state index in [9.17, 15) is 4.79 Å². The Labute approximate surface area is 126 Å². The van der Waals surface area contributed by atoms with Crippen molar-refractivity contribution in [2.75, 3.05) is 46.4 Å². The van der Waals surface area contributed by atoms with Crippen LogP contribution in [0.4, 0.5) is 0 Å². The normalized spacial score (nSPS) is 17.5. The fourth-order valence-corrected chi connectivity index (χ4v) is 3.56. The molecule has 0 radical (unpaired) electrons. The fourth-order valence-electron chi connectivity index (χ4n) is 2.20. The minimum Gasteiger partial charge on any atom is -0.383 e. The summed E-state index contributed by atoms with van der Waals surface area (Å²) < 4.78 is 6.11. The van der Waals surface area contributed by atoms with E-state index in [1.165, 1.54) is 11.3 Å². The first-order chi connectivity index (χ1) is 9.20. The second-order valence-electron chi connectivity index (χ2n) is 4.58. The van der Waals surface area contributed by atoms with Gasteiger partial charge in [-0.15, -0.1) is 11.3 Å². The van der Waals surface area contributed by atoms with Gasteiger partial charge >= 0.3 is 0 Å². The minimum atomic E-state index is 0.157. The number of carbonyl (C=O) groups excluding carboxylic acids is 1. The molecular weight excluding hydrogens is 328 g/mol. The number of rotatable bonds is 4. The standard InChI is InChI=1S/C13H19BrN2O2S/c1-18-10-9-15-5-2-6-16(8-7-15)13(17)11-3-4-12(14)19-11/h3-4H,2,5-10H2,1H3. The molecule has 0 saturated carbocycles. The summed E-state index contributed by atoms with van der Waals surface area (Å²) >= 11 is 4.91. The summed E-state index contributed by atoms with van der Waals surface area (Å²) in [4.78, 5) is 17.5. The lowest BCUT2D eigenvalue weighted by molar-refractivity contribution is 0.0764. The van der Waals surface area contributed by atoms with E-state index >= 15 is 0 Å². The number of amides is 1. The van der Waals surface area contributed by atoms with Crippen molar-refractivity contribution in [3.63, 3.8) is 0 Å². The Balaban J connectivity index is 1.90. The summed E-state index contributed by atoms with van der Waals surface area (Å²) in [5.41, 5.74) is 0. The van der Waals surface area contributed by atoms with Gasteiger partial charge in [-0.25, -0.2) is 0 Å². The molecule has 1 saturated heterocycles. The summed E-state index contributed by atoms with van der Waals surface area (Å²) in [7, 11) is 1.72. The van der Waals surface area contributed by atoms with Crippen molar-refractivity contribution in [3.05, 3.63) is 20.8 Å². The zero-order chi connectivity index (χ0) is 13.7. The Morgan fingerprint density at radius 1 is 1.37 bits per heavy atom. The molecule has 0 aliphatic carbocycles. The van der Waals surface area contributed by atoms with E-state index in [0.29, 0.717) is 0 Å². The maximum Gasteiger partial charge on any atom is 0.264 e. The maximum absolute atomic E-state index is 12.4. The van der Waals surface area contributed by atoms with Crippen LogP contribution in [0.2, 0.25) is 0 Å². The molecular formula is C13H19BrN2O2S. The summed E-state index contributed by atoms with van der Waals surface area (Å²) in [6, 6.07) is 3.82. The van der Waals surface area contributed by atoms with E-state index in [4.69, 9.17) is 4.74 Å². The molecule has 1 aliphatic rings. The first-order valence-electron chi connectivity index (χ1n) is 6.46. The number of hydrogen-bond acceptors (Lipinski definition) is 4. The molecule has 0 N–H and O–H groups in total. The van der Waals surface area contributed by atoms with E-state index in [-0.39, 0.29) is 5.91 Å². The second-order valence-corrected chi connectivity index (χ2v) is 7.05. The van der Waals surface area contributed by atoms with Gasteiger partial charge in [0, 0.05) is 33.3 Å². The molecule has 1 aliphatic heterocycles. The molecule has 0 aromatic carbocycles. The van der Waals surface area contributed by atoms with E-state index in [1.54, 1.807) is 7.11 Å². The van der Waals surface area contributed by atoms with Crippen LogP contribution in [-0.2, 0) is 4.74 Å². The van der Waals surface area contributed by atoms with Gasteiger partial charge in [-0.1, -0.05) is 0 Å². The predicted octanol–water partition coefficient (Wildman–Crippen LogP) is 2.30. The van der Waals surface area contributed by atoms with Crippen molar-refractivity contribution in [1.29, 1.82) is 0 Å². The Kier molecular flexibility index (Phi) is 5.81. The lowest BCUT2D eigenvalue weighted by Crippen LogP contribution is -2.35. The summed E-state index contributed by atoms with van der Waals surface area (Å²) in [6.07, 6.45) is 1.03. The van der Waals surface area contributed by atoms with Crippen molar-refractivity contribution in [1.82, 2.24) is 9.80 Å². The predicted molar refractivity (Wildman–Crippen MR) is 80.9 cm³/mol. The van der Waals surface area contributed by atoms with Crippen molar-refractivity contribution >= 4 is 33.2 Å². The van der Waals surface area contributed by atoms with Crippen molar-refractivity contribution in [3.8, 4) is 0 Å². The van der Waals surface area contributed by atoms with Gasteiger partial charge in [-0.2, -0.15) is 0 Å². The number of ether oxygens (including phenoxy) is 1. The highest BCUT2D eigenvalue weighted by Gasteiger charge is 2.21. The molecule has 1 aromatic rings. The fraction of sp³-hybridized carbons (Fsp3) is 0.615. The topological polar surface area (TPSA) is 32.8 Å². The molecule has 0 atom stereocenters. The van der Waals surface area contributed by atoms with Crippen molar-refractivity contribution in [2.24, 2.45) is 0 Å². The van der Waals surface area contributed by atoms with Gasteiger partial charge < -0.3 is 9.64 Å². The van der Waals surface area contributed by atoms with Crippen LogP contribution in [0.1, 0.15) is 16.1 Å². The van der Waals surface area contributed by atoms with Gasteiger partial charge in [0.1, 0.15) is 0 Å². The van der Waals surface area contributed by atoms with Crippen LogP contribution in [0.15, 0.2) is 15.9 Å². The van der Waals surface area contributed by atoms with Crippen LogP contribution >= 0.6 is 27.3 Å². The van der Waals surface area contributed by atoms with Gasteiger partial charge in [0.05, 0.1) is 15.3 Å². The van der Waals surface area contributed by atoms with Crippen LogP contribution in [-0.4, -0.2) is 62.1 Å². The number of thiophene rings is 1. The molecule has 2 rings (SSSR count). The third-order valence-corrected chi connectivity index (χ3v) is 4.88. The van der Waals surface area contributed by atoms with Gasteiger partial charge in [0.2, 0.25) is 0 Å². The van der Waals surface area contributed by atoms with Gasteiger partial charge in [0.15, 0.2) is 0 Å². The lowest BCUT2D eigenvalue weighted by atomic mass is 10.3. The van der Waals surface area contributed by atoms with Crippen molar-refractivity contribution in [2.45, 2.75) is 6.42 Å². The number of methoxy groups -OCH3 is 1. The highest BCUT2D eigenvalue weighted by Crippen LogP contribution is 2.23. The third-order valence-electron chi connectivity index (χ3n) is 3.27. The minimum absolute atomic E-state index is 0.157. The van der Waals surface area contributed by atoms with Gasteiger partial charge in [0.25, 0.3) is 5.91 Å². The molecule has 4 nitrogen and oxygen atoms in total. The molecule has 106 valence electrons. The molecule has 19 heavy (non-hydrogen) atoms. The maximum atomic E-state index is 12.4. The first kappa shape index (κ1) is 15.0. The highest BCUT2D eigenvalue weighted by atomic mass is 79.9. The van der Waals surface area contributed by atoms with Crippen molar-refractivity contribution < 1.29 is 9.53 Å². The van der Waals surface area contributed by atoms with Crippen LogP contribution < -0.4 is 0 Å². The summed E-state index contributed by atoms with van der Waals surface area (Å²) in [5.74, 6) is 0.157. The van der Waals surface area contributed by atoms with E-state index in [2.05, 4.69) is 20.8 Å². The molecule has 6 heteroatoms. The lowest BCUT2D eigenvalue weighted by Gasteiger charge is -2.21. The van der Waals surface area contributed by atoms with E-state index < -0.39 is 0 Å². The Hall–Kier alpha value is -0.430. The Bertz CT molecular complexity index is 425. The first-order valence-corrected chi connectivity index (χ1v) is 8.07. The summed E-state index contributed by atoms with van der Waals surface area (Å²) in [5, 5.41) is 0. The average molecular weight is 347 g/mol.